The van der Waals surface area contributed by atoms with Crippen molar-refractivity contribution in [3.05, 3.63) is 115 Å². The number of pyridine rings is 1. The monoisotopic (exact) mass is 653 g/mol. The number of aromatic nitrogens is 1. The summed E-state index contributed by atoms with van der Waals surface area (Å²) in [5.41, 5.74) is 9.02. The summed E-state index contributed by atoms with van der Waals surface area (Å²) in [6, 6.07) is 18.1. The van der Waals surface area contributed by atoms with E-state index in [1.54, 1.807) is 37.4 Å². The third kappa shape index (κ3) is 6.42. The fourth-order valence-corrected chi connectivity index (χ4v) is 7.47. The summed E-state index contributed by atoms with van der Waals surface area (Å²) >= 11 is 0. The van der Waals surface area contributed by atoms with E-state index in [1.165, 1.54) is 11.6 Å². The maximum Gasteiger partial charge on any atom is 0.250 e. The van der Waals surface area contributed by atoms with Crippen LogP contribution in [0.5, 0.6) is 23.0 Å². The Bertz CT molecular complexity index is 1970. The molecule has 0 radical (unpaired) electrons. The number of carbonyl (C=O) groups is 1. The van der Waals surface area contributed by atoms with Crippen LogP contribution in [0.15, 0.2) is 74.7 Å². The van der Waals surface area contributed by atoms with E-state index in [-0.39, 0.29) is 29.6 Å². The number of hydrogen-bond acceptors (Lipinski definition) is 9. The zero-order valence-electron chi connectivity index (χ0n) is 26.9. The molecule has 0 spiro atoms. The van der Waals surface area contributed by atoms with Gasteiger partial charge >= 0.3 is 0 Å². The topological polar surface area (TPSA) is 146 Å². The van der Waals surface area contributed by atoms with Crippen LogP contribution in [0.4, 0.5) is 0 Å². The molecule has 0 aliphatic carbocycles. The van der Waals surface area contributed by atoms with Crippen LogP contribution in [0, 0.1) is 5.92 Å². The first kappa shape index (κ1) is 31.6. The molecule has 250 valence electrons. The molecular weight excluding hydrogens is 614 g/mol. The number of likely N-dealkylation sites (tertiary alicyclic amines) is 1. The van der Waals surface area contributed by atoms with Crippen LogP contribution >= 0.6 is 0 Å². The van der Waals surface area contributed by atoms with Crippen molar-refractivity contribution >= 4 is 5.91 Å². The van der Waals surface area contributed by atoms with E-state index in [1.807, 2.05) is 22.8 Å². The summed E-state index contributed by atoms with van der Waals surface area (Å²) in [5, 5.41) is 11.0. The summed E-state index contributed by atoms with van der Waals surface area (Å²) < 4.78 is 25.5. The zero-order chi connectivity index (χ0) is 33.4. The van der Waals surface area contributed by atoms with Gasteiger partial charge in [-0.15, -0.1) is 0 Å². The number of ether oxygens (including phenoxy) is 3. The normalized spacial score (nSPS) is 18.8. The van der Waals surface area contributed by atoms with E-state index >= 15 is 0 Å². The molecule has 11 nitrogen and oxygen atoms in total. The van der Waals surface area contributed by atoms with Gasteiger partial charge in [-0.05, 0) is 53.3 Å². The van der Waals surface area contributed by atoms with Gasteiger partial charge in [-0.2, -0.15) is 0 Å². The Hall–Kier alpha value is -5.03. The molecule has 7 rings (SSSR count). The Balaban J connectivity index is 1.13. The number of piperidine rings is 1. The Morgan fingerprint density at radius 2 is 1.94 bits per heavy atom. The van der Waals surface area contributed by atoms with Gasteiger partial charge in [-0.1, -0.05) is 24.3 Å². The predicted octanol–water partition coefficient (Wildman–Crippen LogP) is 3.70. The fourth-order valence-electron chi connectivity index (χ4n) is 7.47. The van der Waals surface area contributed by atoms with Crippen molar-refractivity contribution in [2.75, 3.05) is 33.4 Å². The number of methoxy groups -OCH3 is 1. The minimum atomic E-state index is -0.848. The Kier molecular flexibility index (Phi) is 8.70. The van der Waals surface area contributed by atoms with Crippen molar-refractivity contribution in [1.82, 2.24) is 9.47 Å². The van der Waals surface area contributed by atoms with E-state index in [2.05, 4.69) is 11.0 Å². The summed E-state index contributed by atoms with van der Waals surface area (Å²) in [4.78, 5) is 40.1. The van der Waals surface area contributed by atoms with Crippen LogP contribution in [0.1, 0.15) is 58.6 Å². The summed E-state index contributed by atoms with van der Waals surface area (Å²) in [5.74, 6) is 0.666. The van der Waals surface area contributed by atoms with Gasteiger partial charge in [0.05, 0.1) is 32.8 Å². The highest BCUT2D eigenvalue weighted by molar-refractivity contribution is 5.75. The zero-order valence-corrected chi connectivity index (χ0v) is 26.9. The molecule has 2 aromatic heterocycles. The average Bonchev–Trinajstić information content (AvgIpc) is 3.54. The minimum absolute atomic E-state index is 0.0204. The molecule has 2 aromatic carbocycles. The highest BCUT2D eigenvalue weighted by Gasteiger charge is 2.35. The van der Waals surface area contributed by atoms with Gasteiger partial charge in [0, 0.05) is 62.6 Å². The molecule has 1 amide bonds. The van der Waals surface area contributed by atoms with Gasteiger partial charge < -0.3 is 34.0 Å². The Morgan fingerprint density at radius 1 is 1.06 bits per heavy atom. The quantitative estimate of drug-likeness (QED) is 0.247. The number of benzene rings is 2. The lowest BCUT2D eigenvalue weighted by Gasteiger charge is -2.42. The number of nitrogens with zero attached hydrogens (tertiary/aromatic N) is 2. The second kappa shape index (κ2) is 13.2. The Labute approximate surface area is 277 Å². The van der Waals surface area contributed by atoms with Gasteiger partial charge in [0.2, 0.25) is 17.1 Å². The maximum atomic E-state index is 13.1. The third-order valence-electron chi connectivity index (χ3n) is 9.65. The Morgan fingerprint density at radius 3 is 2.77 bits per heavy atom. The van der Waals surface area contributed by atoms with E-state index < -0.39 is 23.0 Å². The van der Waals surface area contributed by atoms with Crippen LogP contribution < -0.4 is 30.9 Å². The maximum absolute atomic E-state index is 13.1. The molecular formula is C37H39N3O8. The molecule has 3 atom stereocenters. The predicted molar refractivity (Wildman–Crippen MR) is 177 cm³/mol. The molecule has 2 bridgehead atoms. The van der Waals surface area contributed by atoms with Crippen LogP contribution in [0.2, 0.25) is 0 Å². The molecule has 1 saturated heterocycles. The van der Waals surface area contributed by atoms with Crippen LogP contribution in [0.3, 0.4) is 0 Å². The van der Waals surface area contributed by atoms with Crippen molar-refractivity contribution in [1.29, 1.82) is 0 Å². The smallest absolute Gasteiger partial charge is 0.250 e. The SMILES string of the molecule is COc1ccc([C@@H](CC(N)=O)c2oc(CN3C[C@H]4C[C@@H](C3)c3cccc(=O)n3C4)cc(=O)c2O)cc1OCCc1ccc2c(c1)CCO2. The molecule has 3 aliphatic rings. The van der Waals surface area contributed by atoms with Gasteiger partial charge in [0.15, 0.2) is 17.3 Å². The molecule has 3 aliphatic heterocycles. The van der Waals surface area contributed by atoms with Crippen LogP contribution in [-0.2, 0) is 30.7 Å². The average molecular weight is 654 g/mol. The number of fused-ring (bicyclic) bond motifs is 5. The molecule has 0 unspecified atom stereocenters. The molecule has 11 heteroatoms. The van der Waals surface area contributed by atoms with Gasteiger partial charge in [0.1, 0.15) is 11.5 Å². The van der Waals surface area contributed by atoms with E-state index in [0.717, 1.165) is 36.4 Å². The highest BCUT2D eigenvalue weighted by atomic mass is 16.5. The second-order valence-corrected chi connectivity index (χ2v) is 13.0. The van der Waals surface area contributed by atoms with Gasteiger partial charge in [-0.25, -0.2) is 0 Å². The first-order valence-corrected chi connectivity index (χ1v) is 16.4. The van der Waals surface area contributed by atoms with Gasteiger partial charge in [-0.3, -0.25) is 19.3 Å². The molecule has 5 heterocycles. The van der Waals surface area contributed by atoms with E-state index in [9.17, 15) is 19.5 Å². The molecule has 0 saturated carbocycles. The van der Waals surface area contributed by atoms with Gasteiger partial charge in [0.25, 0.3) is 5.56 Å². The molecule has 48 heavy (non-hydrogen) atoms. The third-order valence-corrected chi connectivity index (χ3v) is 9.65. The number of carbonyl (C=O) groups excluding carboxylic acids is 1. The van der Waals surface area contributed by atoms with Crippen molar-refractivity contribution in [3.63, 3.8) is 0 Å². The second-order valence-electron chi connectivity index (χ2n) is 13.0. The summed E-state index contributed by atoms with van der Waals surface area (Å²) in [6.45, 7) is 3.48. The number of amides is 1. The van der Waals surface area contributed by atoms with E-state index in [0.29, 0.717) is 62.1 Å². The molecule has 3 N–H and O–H groups in total. The number of primary amides is 1. The van der Waals surface area contributed by atoms with Crippen molar-refractivity contribution in [3.8, 4) is 23.0 Å². The standard InChI is InChI=1S/C37H39N3O8/c1-45-32-8-6-24(15-33(32)47-11-9-22-5-7-31-25(13-22)10-12-46-31)28(17-34(38)42)37-36(44)30(41)16-27(48-37)21-39-18-23-14-26(20-39)29-3-2-4-35(43)40(29)19-23/h2-8,13,15-16,23,26,28,44H,9-12,14,17-21H2,1H3,(H2,38,42)/t23-,26+,28-/m1/s1. The van der Waals surface area contributed by atoms with Crippen molar-refractivity contribution in [2.24, 2.45) is 11.7 Å². The minimum Gasteiger partial charge on any atom is -0.502 e. The summed E-state index contributed by atoms with van der Waals surface area (Å²) in [6.07, 6.45) is 2.34. The largest absolute Gasteiger partial charge is 0.502 e. The number of hydrogen-bond donors (Lipinski definition) is 2. The molecule has 1 fully saturated rings. The number of aromatic hydroxyl groups is 1. The highest BCUT2D eigenvalue weighted by Crippen LogP contribution is 2.39. The lowest BCUT2D eigenvalue weighted by molar-refractivity contribution is -0.118. The fraction of sp³-hybridized carbons (Fsp3) is 0.378. The van der Waals surface area contributed by atoms with Crippen molar-refractivity contribution in [2.45, 2.75) is 50.6 Å². The van der Waals surface area contributed by atoms with E-state index in [4.69, 9.17) is 24.4 Å². The van der Waals surface area contributed by atoms with Crippen LogP contribution in [0.25, 0.3) is 0 Å². The number of rotatable bonds is 11. The summed E-state index contributed by atoms with van der Waals surface area (Å²) in [7, 11) is 1.54. The number of nitrogens with two attached hydrogens (primary N) is 1. The van der Waals surface area contributed by atoms with Crippen LogP contribution in [-0.4, -0.2) is 53.9 Å². The lowest BCUT2D eigenvalue weighted by Crippen LogP contribution is -2.46. The first-order chi connectivity index (χ1) is 23.2. The lowest BCUT2D eigenvalue weighted by atomic mass is 9.83. The molecule has 4 aromatic rings. The van der Waals surface area contributed by atoms with Crippen molar-refractivity contribution < 1.29 is 28.5 Å². The first-order valence-electron chi connectivity index (χ1n) is 16.4.